The number of hydrogen-bond donors (Lipinski definition) is 1. The van der Waals surface area contributed by atoms with E-state index in [9.17, 15) is 5.11 Å². The molecule has 0 aromatic heterocycles. The van der Waals surface area contributed by atoms with E-state index in [0.29, 0.717) is 0 Å². The van der Waals surface area contributed by atoms with E-state index < -0.39 is 0 Å². The maximum atomic E-state index is 10.0. The summed E-state index contributed by atoms with van der Waals surface area (Å²) in [6, 6.07) is 10.1. The normalized spacial score (nSPS) is 14.5. The molecule has 1 heteroatoms. The maximum absolute atomic E-state index is 10.0. The standard InChI is InChI=1S/C14H20O/c1-3-8-13(4-2)14(15)11-12-9-6-5-7-10-12/h4-7,9-10,13-15H,2-3,8,11H2,1H3/t13-,14+/m0/s1. The van der Waals surface area contributed by atoms with Crippen LogP contribution in [0.5, 0.6) is 0 Å². The quantitative estimate of drug-likeness (QED) is 0.705. The Labute approximate surface area is 92.5 Å². The lowest BCUT2D eigenvalue weighted by Gasteiger charge is -2.18. The molecule has 2 atom stereocenters. The van der Waals surface area contributed by atoms with E-state index in [4.69, 9.17) is 0 Å². The summed E-state index contributed by atoms with van der Waals surface area (Å²) in [4.78, 5) is 0. The highest BCUT2D eigenvalue weighted by Gasteiger charge is 2.15. The van der Waals surface area contributed by atoms with Crippen molar-refractivity contribution in [1.29, 1.82) is 0 Å². The second kappa shape index (κ2) is 6.41. The molecule has 1 aromatic carbocycles. The van der Waals surface area contributed by atoms with E-state index in [1.165, 1.54) is 5.56 Å². The first-order valence-corrected chi connectivity index (χ1v) is 5.62. The van der Waals surface area contributed by atoms with Crippen LogP contribution in [0.25, 0.3) is 0 Å². The van der Waals surface area contributed by atoms with Gasteiger partial charge in [0.2, 0.25) is 0 Å². The highest BCUT2D eigenvalue weighted by atomic mass is 16.3. The Morgan fingerprint density at radius 2 is 2.00 bits per heavy atom. The molecule has 0 saturated carbocycles. The number of aliphatic hydroxyl groups is 1. The summed E-state index contributed by atoms with van der Waals surface area (Å²) < 4.78 is 0. The van der Waals surface area contributed by atoms with Crippen molar-refractivity contribution in [3.05, 3.63) is 48.6 Å². The second-order valence-electron chi connectivity index (χ2n) is 3.95. The van der Waals surface area contributed by atoms with Crippen LogP contribution >= 0.6 is 0 Å². The summed E-state index contributed by atoms with van der Waals surface area (Å²) >= 11 is 0. The van der Waals surface area contributed by atoms with Crippen molar-refractivity contribution in [3.63, 3.8) is 0 Å². The van der Waals surface area contributed by atoms with Crippen LogP contribution in [0.4, 0.5) is 0 Å². The number of aliphatic hydroxyl groups excluding tert-OH is 1. The van der Waals surface area contributed by atoms with Gasteiger partial charge in [-0.2, -0.15) is 0 Å². The van der Waals surface area contributed by atoms with E-state index >= 15 is 0 Å². The van der Waals surface area contributed by atoms with Crippen LogP contribution in [0.1, 0.15) is 25.3 Å². The number of benzene rings is 1. The molecule has 0 aliphatic rings. The Balaban J connectivity index is 2.53. The van der Waals surface area contributed by atoms with Crippen molar-refractivity contribution >= 4 is 0 Å². The fourth-order valence-electron chi connectivity index (χ4n) is 1.81. The fourth-order valence-corrected chi connectivity index (χ4v) is 1.81. The SMILES string of the molecule is C=C[C@@H](CCC)[C@H](O)Cc1ccccc1. The van der Waals surface area contributed by atoms with Gasteiger partial charge in [0.15, 0.2) is 0 Å². The van der Waals surface area contributed by atoms with Gasteiger partial charge in [-0.15, -0.1) is 6.58 Å². The zero-order chi connectivity index (χ0) is 11.1. The Kier molecular flexibility index (Phi) is 5.13. The molecule has 0 amide bonds. The average Bonchev–Trinajstić information content (AvgIpc) is 2.27. The van der Waals surface area contributed by atoms with Crippen molar-refractivity contribution in [1.82, 2.24) is 0 Å². The Morgan fingerprint density at radius 1 is 1.33 bits per heavy atom. The van der Waals surface area contributed by atoms with Crippen molar-refractivity contribution in [2.45, 2.75) is 32.3 Å². The largest absolute Gasteiger partial charge is 0.392 e. The topological polar surface area (TPSA) is 20.2 Å². The first-order valence-electron chi connectivity index (χ1n) is 5.62. The van der Waals surface area contributed by atoms with E-state index in [0.717, 1.165) is 19.3 Å². The van der Waals surface area contributed by atoms with E-state index in [-0.39, 0.29) is 12.0 Å². The Hall–Kier alpha value is -1.08. The third-order valence-corrected chi connectivity index (χ3v) is 2.71. The molecule has 0 saturated heterocycles. The van der Waals surface area contributed by atoms with Crippen LogP contribution in [0.2, 0.25) is 0 Å². The van der Waals surface area contributed by atoms with Gasteiger partial charge in [0.1, 0.15) is 0 Å². The van der Waals surface area contributed by atoms with Gasteiger partial charge >= 0.3 is 0 Å². The summed E-state index contributed by atoms with van der Waals surface area (Å²) in [7, 11) is 0. The predicted octanol–water partition coefficient (Wildman–Crippen LogP) is 3.19. The lowest BCUT2D eigenvalue weighted by Crippen LogP contribution is -2.20. The highest BCUT2D eigenvalue weighted by molar-refractivity contribution is 5.15. The molecule has 0 radical (unpaired) electrons. The van der Waals surface area contributed by atoms with E-state index in [1.807, 2.05) is 24.3 Å². The summed E-state index contributed by atoms with van der Waals surface area (Å²) in [5.41, 5.74) is 1.19. The summed E-state index contributed by atoms with van der Waals surface area (Å²) in [6.07, 6.45) is 4.39. The molecule has 1 N–H and O–H groups in total. The van der Waals surface area contributed by atoms with E-state index in [1.54, 1.807) is 0 Å². The maximum Gasteiger partial charge on any atom is 0.0642 e. The molecular formula is C14H20O. The molecular weight excluding hydrogens is 184 g/mol. The van der Waals surface area contributed by atoms with Crippen molar-refractivity contribution < 1.29 is 5.11 Å². The monoisotopic (exact) mass is 204 g/mol. The minimum atomic E-state index is -0.301. The van der Waals surface area contributed by atoms with Gasteiger partial charge in [0, 0.05) is 5.92 Å². The minimum Gasteiger partial charge on any atom is -0.392 e. The van der Waals surface area contributed by atoms with Crippen LogP contribution in [0.3, 0.4) is 0 Å². The third-order valence-electron chi connectivity index (χ3n) is 2.71. The van der Waals surface area contributed by atoms with Gasteiger partial charge in [-0.3, -0.25) is 0 Å². The molecule has 0 spiro atoms. The van der Waals surface area contributed by atoms with Crippen molar-refractivity contribution in [2.24, 2.45) is 5.92 Å². The Bertz CT molecular complexity index is 279. The zero-order valence-electron chi connectivity index (χ0n) is 9.39. The van der Waals surface area contributed by atoms with Crippen LogP contribution in [-0.2, 0) is 6.42 Å². The molecule has 0 fully saturated rings. The molecule has 0 aliphatic heterocycles. The van der Waals surface area contributed by atoms with Crippen LogP contribution in [0, 0.1) is 5.92 Å². The fraction of sp³-hybridized carbons (Fsp3) is 0.429. The lowest BCUT2D eigenvalue weighted by atomic mass is 9.92. The van der Waals surface area contributed by atoms with Crippen LogP contribution < -0.4 is 0 Å². The minimum absolute atomic E-state index is 0.218. The molecule has 0 heterocycles. The van der Waals surface area contributed by atoms with Gasteiger partial charge in [-0.25, -0.2) is 0 Å². The summed E-state index contributed by atoms with van der Waals surface area (Å²) in [5.74, 6) is 0.218. The van der Waals surface area contributed by atoms with Gasteiger partial charge in [-0.1, -0.05) is 49.8 Å². The average molecular weight is 204 g/mol. The molecule has 1 aromatic rings. The van der Waals surface area contributed by atoms with Crippen molar-refractivity contribution in [2.75, 3.05) is 0 Å². The molecule has 1 nitrogen and oxygen atoms in total. The van der Waals surface area contributed by atoms with Gasteiger partial charge in [0.05, 0.1) is 6.10 Å². The summed E-state index contributed by atoms with van der Waals surface area (Å²) in [5, 5.41) is 10.0. The molecule has 0 bridgehead atoms. The molecule has 0 unspecified atom stereocenters. The number of rotatable bonds is 6. The molecule has 15 heavy (non-hydrogen) atoms. The first-order chi connectivity index (χ1) is 7.27. The van der Waals surface area contributed by atoms with E-state index in [2.05, 4.69) is 25.6 Å². The molecule has 1 rings (SSSR count). The summed E-state index contributed by atoms with van der Waals surface area (Å²) in [6.45, 7) is 5.91. The van der Waals surface area contributed by atoms with Gasteiger partial charge in [-0.05, 0) is 18.4 Å². The lowest BCUT2D eigenvalue weighted by molar-refractivity contribution is 0.125. The van der Waals surface area contributed by atoms with Gasteiger partial charge in [0.25, 0.3) is 0 Å². The number of hydrogen-bond acceptors (Lipinski definition) is 1. The van der Waals surface area contributed by atoms with Gasteiger partial charge < -0.3 is 5.11 Å². The predicted molar refractivity (Wildman–Crippen MR) is 64.7 cm³/mol. The molecule has 82 valence electrons. The van der Waals surface area contributed by atoms with Crippen LogP contribution in [-0.4, -0.2) is 11.2 Å². The Morgan fingerprint density at radius 3 is 2.53 bits per heavy atom. The second-order valence-corrected chi connectivity index (χ2v) is 3.95. The van der Waals surface area contributed by atoms with Crippen molar-refractivity contribution in [3.8, 4) is 0 Å². The first kappa shape index (κ1) is 12.0. The third kappa shape index (κ3) is 3.88. The van der Waals surface area contributed by atoms with Crippen LogP contribution in [0.15, 0.2) is 43.0 Å². The smallest absolute Gasteiger partial charge is 0.0642 e. The highest BCUT2D eigenvalue weighted by Crippen LogP contribution is 2.16. The zero-order valence-corrected chi connectivity index (χ0v) is 9.39. The molecule has 0 aliphatic carbocycles.